The molecule has 0 bridgehead atoms. The van der Waals surface area contributed by atoms with Crippen LogP contribution in [0.1, 0.15) is 46.0 Å². The molecule has 0 amide bonds. The Balaban J connectivity index is 2.47. The summed E-state index contributed by atoms with van der Waals surface area (Å²) >= 11 is 0. The molecule has 1 N–H and O–H groups in total. The molecule has 88 valence electrons. The van der Waals surface area contributed by atoms with Crippen LogP contribution >= 0.6 is 0 Å². The first-order valence-corrected chi connectivity index (χ1v) is 6.13. The van der Waals surface area contributed by atoms with Crippen molar-refractivity contribution in [2.24, 2.45) is 5.92 Å². The highest BCUT2D eigenvalue weighted by Crippen LogP contribution is 2.22. The van der Waals surface area contributed by atoms with Crippen LogP contribution in [0.3, 0.4) is 0 Å². The molecule has 0 aromatic heterocycles. The van der Waals surface area contributed by atoms with E-state index in [4.69, 9.17) is 5.11 Å². The number of carboxylic acid groups (broad SMARTS) is 1. The topological polar surface area (TPSA) is 40.5 Å². The minimum atomic E-state index is -0.666. The number of piperidine rings is 1. The summed E-state index contributed by atoms with van der Waals surface area (Å²) in [4.78, 5) is 13.1. The highest BCUT2D eigenvalue weighted by atomic mass is 16.4. The van der Waals surface area contributed by atoms with Gasteiger partial charge in [-0.25, -0.2) is 0 Å². The van der Waals surface area contributed by atoms with Gasteiger partial charge in [-0.3, -0.25) is 9.69 Å². The van der Waals surface area contributed by atoms with Crippen LogP contribution in [0.5, 0.6) is 0 Å². The van der Waals surface area contributed by atoms with Gasteiger partial charge in [-0.2, -0.15) is 0 Å². The molecule has 0 aromatic rings. The van der Waals surface area contributed by atoms with E-state index in [-0.39, 0.29) is 6.04 Å². The van der Waals surface area contributed by atoms with Crippen LogP contribution in [0.15, 0.2) is 0 Å². The summed E-state index contributed by atoms with van der Waals surface area (Å²) in [6.45, 7) is 6.50. The molecule has 15 heavy (non-hydrogen) atoms. The Morgan fingerprint density at radius 3 is 2.80 bits per heavy atom. The highest BCUT2D eigenvalue weighted by molar-refractivity contribution is 5.67. The van der Waals surface area contributed by atoms with Crippen LogP contribution in [0.2, 0.25) is 0 Å². The number of aliphatic carboxylic acids is 1. The number of hydrogen-bond acceptors (Lipinski definition) is 2. The van der Waals surface area contributed by atoms with Gasteiger partial charge in [0.1, 0.15) is 0 Å². The summed E-state index contributed by atoms with van der Waals surface area (Å²) in [5.41, 5.74) is 0. The molecule has 1 fully saturated rings. The summed E-state index contributed by atoms with van der Waals surface area (Å²) in [7, 11) is 0. The van der Waals surface area contributed by atoms with Gasteiger partial charge < -0.3 is 5.11 Å². The lowest BCUT2D eigenvalue weighted by molar-refractivity contribution is -0.138. The number of carboxylic acids is 1. The number of hydrogen-bond donors (Lipinski definition) is 1. The lowest BCUT2D eigenvalue weighted by atomic mass is 9.93. The number of carbonyl (C=O) groups is 1. The minimum absolute atomic E-state index is 0.247. The van der Waals surface area contributed by atoms with Crippen molar-refractivity contribution in [3.05, 3.63) is 0 Å². The van der Waals surface area contributed by atoms with Crippen LogP contribution in [0.25, 0.3) is 0 Å². The molecule has 1 saturated heterocycles. The summed E-state index contributed by atoms with van der Waals surface area (Å²) in [5.74, 6) is 0.113. The van der Waals surface area contributed by atoms with Crippen molar-refractivity contribution in [2.75, 3.05) is 13.1 Å². The molecule has 3 heteroatoms. The average Bonchev–Trinajstić information content (AvgIpc) is 2.25. The molecule has 1 rings (SSSR count). The Kier molecular flexibility index (Phi) is 5.09. The van der Waals surface area contributed by atoms with Crippen LogP contribution in [0.4, 0.5) is 0 Å². The molecular formula is C12H23NO2. The fourth-order valence-electron chi connectivity index (χ4n) is 2.50. The Bertz CT molecular complexity index is 206. The van der Waals surface area contributed by atoms with Crippen molar-refractivity contribution in [1.82, 2.24) is 4.90 Å². The SMILES string of the molecule is CCC1CCCN(C(CC)CC(=O)O)C1. The second-order valence-corrected chi connectivity index (χ2v) is 4.57. The van der Waals surface area contributed by atoms with Crippen molar-refractivity contribution in [3.63, 3.8) is 0 Å². The third-order valence-corrected chi connectivity index (χ3v) is 3.53. The summed E-state index contributed by atoms with van der Waals surface area (Å²) in [6.07, 6.45) is 5.01. The van der Waals surface area contributed by atoms with Crippen molar-refractivity contribution < 1.29 is 9.90 Å². The van der Waals surface area contributed by atoms with Crippen molar-refractivity contribution in [3.8, 4) is 0 Å². The van der Waals surface area contributed by atoms with E-state index in [0.717, 1.165) is 25.4 Å². The fraction of sp³-hybridized carbons (Fsp3) is 0.917. The predicted octanol–water partition coefficient (Wildman–Crippen LogP) is 2.36. The van der Waals surface area contributed by atoms with E-state index in [1.54, 1.807) is 0 Å². The Labute approximate surface area is 92.5 Å². The van der Waals surface area contributed by atoms with Crippen LogP contribution in [-0.4, -0.2) is 35.1 Å². The van der Waals surface area contributed by atoms with Crippen LogP contribution in [0, 0.1) is 5.92 Å². The monoisotopic (exact) mass is 213 g/mol. The fourth-order valence-corrected chi connectivity index (χ4v) is 2.50. The van der Waals surface area contributed by atoms with E-state index >= 15 is 0 Å². The molecular weight excluding hydrogens is 190 g/mol. The Morgan fingerprint density at radius 2 is 2.27 bits per heavy atom. The molecule has 0 spiro atoms. The maximum Gasteiger partial charge on any atom is 0.304 e. The standard InChI is InChI=1S/C12H23NO2/c1-3-10-6-5-7-13(9-10)11(4-2)8-12(14)15/h10-11H,3-9H2,1-2H3,(H,14,15). The van der Waals surface area contributed by atoms with E-state index in [2.05, 4.69) is 18.7 Å². The first-order valence-electron chi connectivity index (χ1n) is 6.13. The second kappa shape index (κ2) is 6.11. The lowest BCUT2D eigenvalue weighted by Crippen LogP contribution is -2.43. The van der Waals surface area contributed by atoms with Crippen molar-refractivity contribution in [2.45, 2.75) is 52.0 Å². The number of nitrogens with zero attached hydrogens (tertiary/aromatic N) is 1. The van der Waals surface area contributed by atoms with Gasteiger partial charge in [0.05, 0.1) is 6.42 Å². The van der Waals surface area contributed by atoms with E-state index < -0.39 is 5.97 Å². The normalized spacial score (nSPS) is 25.1. The van der Waals surface area contributed by atoms with E-state index in [1.165, 1.54) is 19.3 Å². The molecule has 3 nitrogen and oxygen atoms in total. The molecule has 1 heterocycles. The Hall–Kier alpha value is -0.570. The van der Waals surface area contributed by atoms with Gasteiger partial charge in [0.15, 0.2) is 0 Å². The average molecular weight is 213 g/mol. The second-order valence-electron chi connectivity index (χ2n) is 4.57. The van der Waals surface area contributed by atoms with Crippen LogP contribution < -0.4 is 0 Å². The van der Waals surface area contributed by atoms with E-state index in [0.29, 0.717) is 6.42 Å². The molecule has 0 radical (unpaired) electrons. The van der Waals surface area contributed by atoms with Crippen molar-refractivity contribution >= 4 is 5.97 Å². The number of rotatable bonds is 5. The van der Waals surface area contributed by atoms with Gasteiger partial charge in [-0.05, 0) is 31.7 Å². The maximum atomic E-state index is 10.7. The summed E-state index contributed by atoms with van der Waals surface area (Å²) in [6, 6.07) is 0.247. The molecule has 2 atom stereocenters. The highest BCUT2D eigenvalue weighted by Gasteiger charge is 2.25. The smallest absolute Gasteiger partial charge is 0.304 e. The number of likely N-dealkylation sites (tertiary alicyclic amines) is 1. The zero-order valence-corrected chi connectivity index (χ0v) is 9.91. The van der Waals surface area contributed by atoms with Crippen LogP contribution in [-0.2, 0) is 4.79 Å². The summed E-state index contributed by atoms with van der Waals surface area (Å²) < 4.78 is 0. The predicted molar refractivity (Wildman–Crippen MR) is 60.9 cm³/mol. The van der Waals surface area contributed by atoms with Gasteiger partial charge in [0.25, 0.3) is 0 Å². The molecule has 0 saturated carbocycles. The minimum Gasteiger partial charge on any atom is -0.481 e. The van der Waals surface area contributed by atoms with Gasteiger partial charge in [0, 0.05) is 12.6 Å². The van der Waals surface area contributed by atoms with E-state index in [9.17, 15) is 4.79 Å². The van der Waals surface area contributed by atoms with Gasteiger partial charge in [-0.15, -0.1) is 0 Å². The van der Waals surface area contributed by atoms with Gasteiger partial charge in [-0.1, -0.05) is 20.3 Å². The van der Waals surface area contributed by atoms with Crippen molar-refractivity contribution in [1.29, 1.82) is 0 Å². The Morgan fingerprint density at radius 1 is 1.53 bits per heavy atom. The van der Waals surface area contributed by atoms with Gasteiger partial charge >= 0.3 is 5.97 Å². The quantitative estimate of drug-likeness (QED) is 0.762. The molecule has 0 aromatic carbocycles. The zero-order valence-electron chi connectivity index (χ0n) is 9.91. The maximum absolute atomic E-state index is 10.7. The first-order chi connectivity index (χ1) is 7.17. The summed E-state index contributed by atoms with van der Waals surface area (Å²) in [5, 5.41) is 8.84. The first kappa shape index (κ1) is 12.5. The molecule has 1 aliphatic heterocycles. The lowest BCUT2D eigenvalue weighted by Gasteiger charge is -2.37. The third kappa shape index (κ3) is 3.82. The molecule has 0 aliphatic carbocycles. The van der Waals surface area contributed by atoms with Gasteiger partial charge in [0.2, 0.25) is 0 Å². The zero-order chi connectivity index (χ0) is 11.3. The molecule has 2 unspecified atom stereocenters. The molecule has 1 aliphatic rings. The largest absolute Gasteiger partial charge is 0.481 e. The third-order valence-electron chi connectivity index (χ3n) is 3.53. The van der Waals surface area contributed by atoms with E-state index in [1.807, 2.05) is 0 Å².